The van der Waals surface area contributed by atoms with E-state index in [2.05, 4.69) is 10.6 Å². The Kier molecular flexibility index (Phi) is 6.52. The summed E-state index contributed by atoms with van der Waals surface area (Å²) in [6.07, 6.45) is 0. The fourth-order valence-corrected chi connectivity index (χ4v) is 1.52. The molecule has 2 amide bonds. The van der Waals surface area contributed by atoms with Crippen LogP contribution < -0.4 is 15.5 Å². The number of amides is 2. The van der Waals surface area contributed by atoms with Crippen LogP contribution in [0.3, 0.4) is 0 Å². The summed E-state index contributed by atoms with van der Waals surface area (Å²) in [5.74, 6) is -0.116. The molecule has 0 radical (unpaired) electrons. The van der Waals surface area contributed by atoms with Crippen molar-refractivity contribution in [1.82, 2.24) is 5.32 Å². The van der Waals surface area contributed by atoms with Crippen LogP contribution in [0.25, 0.3) is 0 Å². The Balaban J connectivity index is 2.42. The first-order valence-corrected chi connectivity index (χ1v) is 6.38. The summed E-state index contributed by atoms with van der Waals surface area (Å²) in [5, 5.41) is 5.73. The normalized spacial score (nSPS) is 9.95. The standard InChI is InChI=1S/C14H21N3O3/c1-11(18)17(2)13-6-4-12(5-7-13)16-10-14(19)15-8-9-20-3/h4-7,16H,8-10H2,1-3H3,(H,15,19). The van der Waals surface area contributed by atoms with Crippen molar-refractivity contribution >= 4 is 23.2 Å². The minimum absolute atomic E-state index is 0.0248. The quantitative estimate of drug-likeness (QED) is 0.726. The van der Waals surface area contributed by atoms with Gasteiger partial charge in [0.05, 0.1) is 13.2 Å². The molecule has 1 aromatic rings. The molecule has 0 spiro atoms. The number of benzene rings is 1. The number of nitrogens with zero attached hydrogens (tertiary/aromatic N) is 1. The number of rotatable bonds is 7. The SMILES string of the molecule is COCCNC(=O)CNc1ccc(N(C)C(C)=O)cc1. The lowest BCUT2D eigenvalue weighted by Crippen LogP contribution is -2.32. The number of carbonyl (C=O) groups excluding carboxylic acids is 2. The number of hydrogen-bond acceptors (Lipinski definition) is 4. The lowest BCUT2D eigenvalue weighted by atomic mass is 10.2. The van der Waals surface area contributed by atoms with Gasteiger partial charge in [0.2, 0.25) is 11.8 Å². The van der Waals surface area contributed by atoms with E-state index in [1.807, 2.05) is 24.3 Å². The minimum atomic E-state index is -0.0908. The monoisotopic (exact) mass is 279 g/mol. The van der Waals surface area contributed by atoms with Gasteiger partial charge in [0, 0.05) is 39.0 Å². The zero-order chi connectivity index (χ0) is 15.0. The van der Waals surface area contributed by atoms with E-state index in [0.29, 0.717) is 13.2 Å². The van der Waals surface area contributed by atoms with Crippen molar-refractivity contribution in [3.63, 3.8) is 0 Å². The van der Waals surface area contributed by atoms with Crippen LogP contribution in [0, 0.1) is 0 Å². The molecule has 0 fully saturated rings. The fraction of sp³-hybridized carbons (Fsp3) is 0.429. The molecule has 0 aliphatic carbocycles. The Morgan fingerprint density at radius 1 is 1.25 bits per heavy atom. The third-order valence-corrected chi connectivity index (χ3v) is 2.81. The largest absolute Gasteiger partial charge is 0.383 e. The number of carbonyl (C=O) groups is 2. The van der Waals surface area contributed by atoms with Crippen molar-refractivity contribution in [3.05, 3.63) is 24.3 Å². The van der Waals surface area contributed by atoms with E-state index < -0.39 is 0 Å². The lowest BCUT2D eigenvalue weighted by Gasteiger charge is -2.15. The molecule has 0 heterocycles. The lowest BCUT2D eigenvalue weighted by molar-refractivity contribution is -0.119. The molecule has 0 saturated carbocycles. The molecule has 0 bridgehead atoms. The summed E-state index contributed by atoms with van der Waals surface area (Å²) in [7, 11) is 3.30. The van der Waals surface area contributed by atoms with Crippen LogP contribution in [0.2, 0.25) is 0 Å². The number of ether oxygens (including phenoxy) is 1. The molecule has 1 rings (SSSR count). The first-order chi connectivity index (χ1) is 9.54. The molecule has 2 N–H and O–H groups in total. The fourth-order valence-electron chi connectivity index (χ4n) is 1.52. The van der Waals surface area contributed by atoms with E-state index in [9.17, 15) is 9.59 Å². The van der Waals surface area contributed by atoms with E-state index in [4.69, 9.17) is 4.74 Å². The predicted octanol–water partition coefficient (Wildman–Crippen LogP) is 0.844. The molecular weight excluding hydrogens is 258 g/mol. The number of hydrogen-bond donors (Lipinski definition) is 2. The van der Waals surface area contributed by atoms with Crippen molar-refractivity contribution < 1.29 is 14.3 Å². The van der Waals surface area contributed by atoms with Crippen LogP contribution in [0.15, 0.2) is 24.3 Å². The van der Waals surface area contributed by atoms with Crippen molar-refractivity contribution in [2.45, 2.75) is 6.92 Å². The molecule has 0 aromatic heterocycles. The third kappa shape index (κ3) is 5.27. The Labute approximate surface area is 119 Å². The van der Waals surface area contributed by atoms with Crippen LogP contribution in [-0.4, -0.2) is 45.7 Å². The molecule has 0 saturated heterocycles. The van der Waals surface area contributed by atoms with Gasteiger partial charge < -0.3 is 20.3 Å². The molecule has 0 aliphatic heterocycles. The van der Waals surface area contributed by atoms with Crippen molar-refractivity contribution in [2.24, 2.45) is 0 Å². The molecule has 20 heavy (non-hydrogen) atoms. The first-order valence-electron chi connectivity index (χ1n) is 6.38. The Bertz CT molecular complexity index is 445. The maximum Gasteiger partial charge on any atom is 0.239 e. The van der Waals surface area contributed by atoms with Gasteiger partial charge in [-0.2, -0.15) is 0 Å². The Morgan fingerprint density at radius 2 is 1.90 bits per heavy atom. The zero-order valence-corrected chi connectivity index (χ0v) is 12.1. The van der Waals surface area contributed by atoms with Gasteiger partial charge in [0.15, 0.2) is 0 Å². The van der Waals surface area contributed by atoms with Gasteiger partial charge in [-0.1, -0.05) is 0 Å². The van der Waals surface area contributed by atoms with E-state index in [-0.39, 0.29) is 18.4 Å². The van der Waals surface area contributed by atoms with Crippen LogP contribution >= 0.6 is 0 Å². The number of methoxy groups -OCH3 is 1. The van der Waals surface area contributed by atoms with Crippen LogP contribution in [0.4, 0.5) is 11.4 Å². The maximum atomic E-state index is 11.5. The highest BCUT2D eigenvalue weighted by molar-refractivity contribution is 5.91. The molecule has 0 aliphatic rings. The maximum absolute atomic E-state index is 11.5. The van der Waals surface area contributed by atoms with Gasteiger partial charge in [-0.05, 0) is 24.3 Å². The highest BCUT2D eigenvalue weighted by Crippen LogP contribution is 2.16. The first kappa shape index (κ1) is 16.0. The number of nitrogens with one attached hydrogen (secondary N) is 2. The van der Waals surface area contributed by atoms with Crippen molar-refractivity contribution in [3.8, 4) is 0 Å². The van der Waals surface area contributed by atoms with Crippen LogP contribution in [-0.2, 0) is 14.3 Å². The second-order valence-electron chi connectivity index (χ2n) is 4.32. The second-order valence-corrected chi connectivity index (χ2v) is 4.32. The molecule has 0 unspecified atom stereocenters. The molecule has 0 atom stereocenters. The average Bonchev–Trinajstić information content (AvgIpc) is 2.45. The molecule has 110 valence electrons. The molecule has 6 heteroatoms. The number of anilines is 2. The van der Waals surface area contributed by atoms with Gasteiger partial charge in [-0.15, -0.1) is 0 Å². The van der Waals surface area contributed by atoms with Crippen LogP contribution in [0.5, 0.6) is 0 Å². The van der Waals surface area contributed by atoms with E-state index in [1.165, 1.54) is 6.92 Å². The zero-order valence-electron chi connectivity index (χ0n) is 12.1. The summed E-state index contributed by atoms with van der Waals surface area (Å²) < 4.78 is 4.84. The van der Waals surface area contributed by atoms with E-state index >= 15 is 0 Å². The van der Waals surface area contributed by atoms with E-state index in [0.717, 1.165) is 11.4 Å². The Morgan fingerprint density at radius 3 is 2.45 bits per heavy atom. The van der Waals surface area contributed by atoms with Gasteiger partial charge in [0.25, 0.3) is 0 Å². The van der Waals surface area contributed by atoms with Crippen molar-refractivity contribution in [2.75, 3.05) is 44.1 Å². The summed E-state index contributed by atoms with van der Waals surface area (Å²) in [5.41, 5.74) is 1.64. The summed E-state index contributed by atoms with van der Waals surface area (Å²) >= 11 is 0. The minimum Gasteiger partial charge on any atom is -0.383 e. The Hall–Kier alpha value is -2.08. The molecular formula is C14H21N3O3. The predicted molar refractivity (Wildman–Crippen MR) is 78.9 cm³/mol. The van der Waals surface area contributed by atoms with Gasteiger partial charge >= 0.3 is 0 Å². The molecule has 1 aromatic carbocycles. The average molecular weight is 279 g/mol. The van der Waals surface area contributed by atoms with Crippen molar-refractivity contribution in [1.29, 1.82) is 0 Å². The second kappa shape index (κ2) is 8.16. The molecule has 6 nitrogen and oxygen atoms in total. The summed E-state index contributed by atoms with van der Waals surface area (Å²) in [6.45, 7) is 2.71. The highest BCUT2D eigenvalue weighted by Gasteiger charge is 2.05. The van der Waals surface area contributed by atoms with Gasteiger partial charge in [-0.3, -0.25) is 9.59 Å². The van der Waals surface area contributed by atoms with E-state index in [1.54, 1.807) is 19.1 Å². The summed E-state index contributed by atoms with van der Waals surface area (Å²) in [4.78, 5) is 24.2. The van der Waals surface area contributed by atoms with Crippen LogP contribution in [0.1, 0.15) is 6.92 Å². The smallest absolute Gasteiger partial charge is 0.239 e. The van der Waals surface area contributed by atoms with Gasteiger partial charge in [0.1, 0.15) is 0 Å². The highest BCUT2D eigenvalue weighted by atomic mass is 16.5. The van der Waals surface area contributed by atoms with Gasteiger partial charge in [-0.25, -0.2) is 0 Å². The third-order valence-electron chi connectivity index (χ3n) is 2.81. The summed E-state index contributed by atoms with van der Waals surface area (Å²) in [6, 6.07) is 7.31. The topological polar surface area (TPSA) is 70.7 Å².